The van der Waals surface area contributed by atoms with Gasteiger partial charge in [-0.1, -0.05) is 30.3 Å². The van der Waals surface area contributed by atoms with Gasteiger partial charge in [0.1, 0.15) is 5.25 Å². The van der Waals surface area contributed by atoms with Crippen LogP contribution in [0.15, 0.2) is 53.4 Å². The molecule has 0 radical (unpaired) electrons. The molecule has 0 aromatic heterocycles. The third-order valence-corrected chi connectivity index (χ3v) is 5.75. The summed E-state index contributed by atoms with van der Waals surface area (Å²) in [5.74, 6) is -1.31. The van der Waals surface area contributed by atoms with Crippen molar-refractivity contribution < 1.29 is 13.6 Å². The molecule has 0 bridgehead atoms. The Morgan fingerprint density at radius 1 is 1.19 bits per heavy atom. The number of benzene rings is 2. The van der Waals surface area contributed by atoms with Gasteiger partial charge in [0.05, 0.1) is 0 Å². The highest BCUT2D eigenvalue weighted by Crippen LogP contribution is 2.36. The zero-order chi connectivity index (χ0) is 18.4. The number of thioether (sulfide) groups is 1. The van der Waals surface area contributed by atoms with Gasteiger partial charge in [0, 0.05) is 11.4 Å². The first-order valence-electron chi connectivity index (χ1n) is 8.78. The van der Waals surface area contributed by atoms with E-state index in [-0.39, 0.29) is 18.3 Å². The molecule has 1 heterocycles. The third kappa shape index (κ3) is 6.19. The minimum atomic E-state index is -0.907. The molecule has 146 valence electrons. The molecule has 1 saturated heterocycles. The van der Waals surface area contributed by atoms with Crippen LogP contribution < -0.4 is 10.6 Å². The van der Waals surface area contributed by atoms with Crippen LogP contribution in [-0.2, 0) is 4.79 Å². The van der Waals surface area contributed by atoms with Crippen LogP contribution in [0.3, 0.4) is 0 Å². The lowest BCUT2D eigenvalue weighted by atomic mass is 10.1. The van der Waals surface area contributed by atoms with Crippen LogP contribution in [-0.4, -0.2) is 25.5 Å². The smallest absolute Gasteiger partial charge is 0.237 e. The molecule has 1 fully saturated rings. The van der Waals surface area contributed by atoms with Crippen molar-refractivity contribution in [1.29, 1.82) is 0 Å². The van der Waals surface area contributed by atoms with E-state index in [0.717, 1.165) is 43.6 Å². The molecule has 0 spiro atoms. The van der Waals surface area contributed by atoms with Gasteiger partial charge in [-0.3, -0.25) is 4.79 Å². The number of hydrogen-bond acceptors (Lipinski definition) is 3. The number of carbonyl (C=O) groups is 1. The zero-order valence-corrected chi connectivity index (χ0v) is 16.4. The lowest BCUT2D eigenvalue weighted by Gasteiger charge is -2.18. The Labute approximate surface area is 168 Å². The topological polar surface area (TPSA) is 41.1 Å². The van der Waals surface area contributed by atoms with Crippen LogP contribution in [0.25, 0.3) is 0 Å². The van der Waals surface area contributed by atoms with Crippen molar-refractivity contribution >= 4 is 30.1 Å². The molecule has 27 heavy (non-hydrogen) atoms. The second-order valence-corrected chi connectivity index (χ2v) is 7.60. The van der Waals surface area contributed by atoms with Crippen LogP contribution in [0.5, 0.6) is 0 Å². The Morgan fingerprint density at radius 2 is 1.96 bits per heavy atom. The quantitative estimate of drug-likeness (QED) is 0.665. The molecule has 1 aliphatic rings. The fourth-order valence-electron chi connectivity index (χ4n) is 3.04. The second-order valence-electron chi connectivity index (χ2n) is 6.42. The predicted octanol–water partition coefficient (Wildman–Crippen LogP) is 4.34. The molecule has 1 amide bonds. The molecule has 3 rings (SSSR count). The number of nitrogens with one attached hydrogen (secondary N) is 2. The summed E-state index contributed by atoms with van der Waals surface area (Å²) >= 11 is 1.22. The number of halogens is 3. The van der Waals surface area contributed by atoms with E-state index in [9.17, 15) is 13.6 Å². The van der Waals surface area contributed by atoms with E-state index < -0.39 is 16.9 Å². The first-order valence-corrected chi connectivity index (χ1v) is 9.66. The van der Waals surface area contributed by atoms with Gasteiger partial charge in [-0.05, 0) is 55.6 Å². The molecule has 2 N–H and O–H groups in total. The third-order valence-electron chi connectivity index (χ3n) is 4.50. The lowest BCUT2D eigenvalue weighted by Crippen LogP contribution is -2.30. The van der Waals surface area contributed by atoms with Gasteiger partial charge < -0.3 is 10.6 Å². The molecule has 3 nitrogen and oxygen atoms in total. The first-order chi connectivity index (χ1) is 12.6. The van der Waals surface area contributed by atoms with Gasteiger partial charge in [-0.2, -0.15) is 0 Å². The fraction of sp³-hybridized carbons (Fsp3) is 0.350. The van der Waals surface area contributed by atoms with Crippen molar-refractivity contribution in [2.75, 3.05) is 19.6 Å². The van der Waals surface area contributed by atoms with Gasteiger partial charge in [-0.15, -0.1) is 24.2 Å². The summed E-state index contributed by atoms with van der Waals surface area (Å²) in [4.78, 5) is 13.3. The Morgan fingerprint density at radius 3 is 2.63 bits per heavy atom. The Hall–Kier alpha value is -1.63. The van der Waals surface area contributed by atoms with E-state index >= 15 is 0 Å². The summed E-state index contributed by atoms with van der Waals surface area (Å²) in [5, 5.41) is 5.81. The van der Waals surface area contributed by atoms with E-state index in [1.54, 1.807) is 0 Å². The molecule has 2 aromatic rings. The van der Waals surface area contributed by atoms with Crippen molar-refractivity contribution in [2.24, 2.45) is 5.92 Å². The average molecular weight is 413 g/mol. The van der Waals surface area contributed by atoms with Crippen LogP contribution in [0.2, 0.25) is 0 Å². The van der Waals surface area contributed by atoms with Crippen LogP contribution in [0.1, 0.15) is 23.7 Å². The largest absolute Gasteiger partial charge is 0.355 e. The second kappa shape index (κ2) is 10.6. The highest BCUT2D eigenvalue weighted by Gasteiger charge is 2.23. The van der Waals surface area contributed by atoms with E-state index in [2.05, 4.69) is 10.6 Å². The number of rotatable bonds is 7. The predicted molar refractivity (Wildman–Crippen MR) is 107 cm³/mol. The maximum Gasteiger partial charge on any atom is 0.237 e. The molecule has 0 saturated carbocycles. The zero-order valence-electron chi connectivity index (χ0n) is 14.8. The lowest BCUT2D eigenvalue weighted by molar-refractivity contribution is -0.120. The van der Waals surface area contributed by atoms with Gasteiger partial charge in [0.15, 0.2) is 11.6 Å². The van der Waals surface area contributed by atoms with E-state index in [0.29, 0.717) is 17.4 Å². The first kappa shape index (κ1) is 21.7. The Balaban J connectivity index is 0.00000261. The van der Waals surface area contributed by atoms with Gasteiger partial charge in [0.25, 0.3) is 0 Å². The molecule has 2 unspecified atom stereocenters. The molecule has 1 aliphatic heterocycles. The highest BCUT2D eigenvalue weighted by molar-refractivity contribution is 8.00. The normalized spacial score (nSPS) is 17.2. The summed E-state index contributed by atoms with van der Waals surface area (Å²) in [6.45, 7) is 2.66. The van der Waals surface area contributed by atoms with Crippen LogP contribution in [0, 0.1) is 17.6 Å². The van der Waals surface area contributed by atoms with Gasteiger partial charge in [0.2, 0.25) is 5.91 Å². The maximum absolute atomic E-state index is 13.5. The molecular weight excluding hydrogens is 390 g/mol. The molecule has 0 aliphatic carbocycles. The number of amides is 1. The summed E-state index contributed by atoms with van der Waals surface area (Å²) in [5.41, 5.74) is 0.835. The number of carbonyl (C=O) groups excluding carboxylic acids is 1. The average Bonchev–Trinajstić information content (AvgIpc) is 3.16. The van der Waals surface area contributed by atoms with Gasteiger partial charge in [-0.25, -0.2) is 8.78 Å². The van der Waals surface area contributed by atoms with E-state index in [1.165, 1.54) is 17.8 Å². The maximum atomic E-state index is 13.5. The molecular formula is C20H23ClF2N2OS. The van der Waals surface area contributed by atoms with Crippen molar-refractivity contribution in [2.45, 2.75) is 23.0 Å². The minimum Gasteiger partial charge on any atom is -0.355 e. The molecule has 2 atom stereocenters. The summed E-state index contributed by atoms with van der Waals surface area (Å²) in [6.07, 6.45) is 2.08. The number of hydrogen-bond donors (Lipinski definition) is 2. The van der Waals surface area contributed by atoms with E-state index in [1.807, 2.05) is 30.3 Å². The Bertz CT molecular complexity index is 742. The van der Waals surface area contributed by atoms with E-state index in [4.69, 9.17) is 0 Å². The van der Waals surface area contributed by atoms with Crippen LogP contribution >= 0.6 is 24.2 Å². The van der Waals surface area contributed by atoms with Crippen molar-refractivity contribution in [1.82, 2.24) is 10.6 Å². The highest BCUT2D eigenvalue weighted by atomic mass is 35.5. The standard InChI is InChI=1S/C20H22F2N2OS.ClH/c21-17-7-6-16(12-18(17)22)26-19(15-4-2-1-3-5-15)20(25)24-11-9-14-8-10-23-13-14;/h1-7,12,14,19,23H,8-11,13H2,(H,24,25);1H. The van der Waals surface area contributed by atoms with Crippen molar-refractivity contribution in [3.8, 4) is 0 Å². The summed E-state index contributed by atoms with van der Waals surface area (Å²) < 4.78 is 26.7. The molecule has 2 aromatic carbocycles. The summed E-state index contributed by atoms with van der Waals surface area (Å²) in [6, 6.07) is 13.1. The molecule has 7 heteroatoms. The van der Waals surface area contributed by atoms with Crippen LogP contribution in [0.4, 0.5) is 8.78 Å². The van der Waals surface area contributed by atoms with Gasteiger partial charge >= 0.3 is 0 Å². The monoisotopic (exact) mass is 412 g/mol. The minimum absolute atomic E-state index is 0. The SMILES string of the molecule is Cl.O=C(NCCC1CCNC1)C(Sc1ccc(F)c(F)c1)c1ccccc1. The Kier molecular flexibility index (Phi) is 8.54. The fourth-order valence-corrected chi connectivity index (χ4v) is 4.11. The summed E-state index contributed by atoms with van der Waals surface area (Å²) in [7, 11) is 0. The van der Waals surface area contributed by atoms with Crippen molar-refractivity contribution in [3.05, 3.63) is 65.7 Å². The van der Waals surface area contributed by atoms with Crippen molar-refractivity contribution in [3.63, 3.8) is 0 Å².